The maximum Gasteiger partial charge on any atom is 0.349 e. The molecule has 1 aliphatic rings. The predicted molar refractivity (Wildman–Crippen MR) is 139 cm³/mol. The minimum absolute atomic E-state index is 0.109. The predicted octanol–water partition coefficient (Wildman–Crippen LogP) is 6.38. The highest BCUT2D eigenvalue weighted by molar-refractivity contribution is 5.79. The van der Waals surface area contributed by atoms with Gasteiger partial charge < -0.3 is 18.9 Å². The first-order valence-corrected chi connectivity index (χ1v) is 12.9. The van der Waals surface area contributed by atoms with E-state index in [-0.39, 0.29) is 17.4 Å². The molecule has 0 saturated heterocycles. The lowest BCUT2D eigenvalue weighted by Crippen LogP contribution is -2.41. The molecule has 0 amide bonds. The van der Waals surface area contributed by atoms with Gasteiger partial charge in [0.2, 0.25) is 11.2 Å². The number of hydrogen-bond acceptors (Lipinski definition) is 6. The highest BCUT2D eigenvalue weighted by Gasteiger charge is 2.38. The van der Waals surface area contributed by atoms with E-state index >= 15 is 0 Å². The van der Waals surface area contributed by atoms with E-state index in [0.717, 1.165) is 25.7 Å². The molecule has 0 heterocycles. The molecule has 6 heteroatoms. The monoisotopic (exact) mass is 496 g/mol. The largest absolute Gasteiger partial charge is 0.476 e. The molecular weight excluding hydrogens is 456 g/mol. The van der Waals surface area contributed by atoms with Gasteiger partial charge in [0.25, 0.3) is 0 Å². The fourth-order valence-electron chi connectivity index (χ4n) is 5.05. The van der Waals surface area contributed by atoms with E-state index in [1.807, 2.05) is 38.1 Å². The lowest BCUT2D eigenvalue weighted by molar-refractivity contribution is -0.158. The summed E-state index contributed by atoms with van der Waals surface area (Å²) in [7, 11) is 2.76. The van der Waals surface area contributed by atoms with Gasteiger partial charge in [-0.25, -0.2) is 9.59 Å². The molecule has 1 fully saturated rings. The lowest BCUT2D eigenvalue weighted by Gasteiger charge is -2.39. The van der Waals surface area contributed by atoms with Crippen molar-refractivity contribution in [3.63, 3.8) is 0 Å². The lowest BCUT2D eigenvalue weighted by atomic mass is 9.65. The van der Waals surface area contributed by atoms with Crippen molar-refractivity contribution in [2.45, 2.75) is 89.3 Å². The van der Waals surface area contributed by atoms with Gasteiger partial charge in [-0.2, -0.15) is 0 Å². The van der Waals surface area contributed by atoms with Gasteiger partial charge in [0.05, 0.1) is 14.2 Å². The standard InChI is InChI=1S/C30H40O6/c1-7-28(3,26(31)33-5)35-24-16-12-22(13-17-24)30(20-10-9-11-21-30)23-14-18-25(19-15-23)36-29(4,8-2)27(32)34-6/h12-19H,7-11,20-21H2,1-6H3/t28-,29-/m1/s1. The maximum absolute atomic E-state index is 12.2. The molecule has 6 nitrogen and oxygen atoms in total. The molecule has 0 bridgehead atoms. The van der Waals surface area contributed by atoms with Gasteiger partial charge in [0.15, 0.2) is 0 Å². The molecule has 1 aliphatic carbocycles. The van der Waals surface area contributed by atoms with Crippen LogP contribution in [0.15, 0.2) is 48.5 Å². The van der Waals surface area contributed by atoms with Crippen LogP contribution in [0.5, 0.6) is 11.5 Å². The van der Waals surface area contributed by atoms with Gasteiger partial charge >= 0.3 is 11.9 Å². The van der Waals surface area contributed by atoms with Crippen LogP contribution < -0.4 is 9.47 Å². The third-order valence-corrected chi connectivity index (χ3v) is 7.79. The summed E-state index contributed by atoms with van der Waals surface area (Å²) in [6.07, 6.45) is 6.66. The van der Waals surface area contributed by atoms with Crippen LogP contribution in [0.25, 0.3) is 0 Å². The van der Waals surface area contributed by atoms with Crippen molar-refractivity contribution in [1.29, 1.82) is 0 Å². The Morgan fingerprint density at radius 3 is 1.36 bits per heavy atom. The van der Waals surface area contributed by atoms with Crippen molar-refractivity contribution in [2.75, 3.05) is 14.2 Å². The third-order valence-electron chi connectivity index (χ3n) is 7.79. The zero-order valence-corrected chi connectivity index (χ0v) is 22.5. The SMILES string of the molecule is CC[C@@](C)(Oc1ccc(C2(c3ccc(O[C@](C)(CC)C(=O)OC)cc3)CCCCC2)cc1)C(=O)OC. The first-order chi connectivity index (χ1) is 17.2. The van der Waals surface area contributed by atoms with Gasteiger partial charge in [0, 0.05) is 5.41 Å². The van der Waals surface area contributed by atoms with Gasteiger partial charge in [-0.05, 0) is 74.9 Å². The van der Waals surface area contributed by atoms with Crippen molar-refractivity contribution >= 4 is 11.9 Å². The zero-order chi connectivity index (χ0) is 26.4. The van der Waals surface area contributed by atoms with E-state index in [4.69, 9.17) is 18.9 Å². The van der Waals surface area contributed by atoms with Crippen molar-refractivity contribution < 1.29 is 28.5 Å². The Labute approximate surface area is 215 Å². The van der Waals surface area contributed by atoms with Crippen LogP contribution in [0.4, 0.5) is 0 Å². The highest BCUT2D eigenvalue weighted by Crippen LogP contribution is 2.46. The van der Waals surface area contributed by atoms with Crippen LogP contribution in [0.2, 0.25) is 0 Å². The molecule has 0 aromatic heterocycles. The Morgan fingerprint density at radius 1 is 0.694 bits per heavy atom. The highest BCUT2D eigenvalue weighted by atomic mass is 16.6. The van der Waals surface area contributed by atoms with E-state index in [2.05, 4.69) is 24.3 Å². The first-order valence-electron chi connectivity index (χ1n) is 12.9. The molecule has 196 valence electrons. The van der Waals surface area contributed by atoms with Crippen molar-refractivity contribution in [2.24, 2.45) is 0 Å². The smallest absolute Gasteiger partial charge is 0.349 e. The summed E-state index contributed by atoms with van der Waals surface area (Å²) in [4.78, 5) is 24.4. The second kappa shape index (κ2) is 11.4. The van der Waals surface area contributed by atoms with E-state index in [0.29, 0.717) is 24.3 Å². The summed E-state index contributed by atoms with van der Waals surface area (Å²) in [6.45, 7) is 7.32. The van der Waals surface area contributed by atoms with Gasteiger partial charge in [-0.3, -0.25) is 0 Å². The minimum Gasteiger partial charge on any atom is -0.476 e. The van der Waals surface area contributed by atoms with Gasteiger partial charge in [-0.1, -0.05) is 57.4 Å². The molecule has 2 aromatic rings. The van der Waals surface area contributed by atoms with E-state index in [1.165, 1.54) is 31.8 Å². The number of ether oxygens (including phenoxy) is 4. The van der Waals surface area contributed by atoms with Crippen LogP contribution in [0, 0.1) is 0 Å². The summed E-state index contributed by atoms with van der Waals surface area (Å²) in [5.41, 5.74) is 0.305. The molecule has 1 saturated carbocycles. The van der Waals surface area contributed by atoms with E-state index in [1.54, 1.807) is 13.8 Å². The number of hydrogen-bond donors (Lipinski definition) is 0. The molecule has 36 heavy (non-hydrogen) atoms. The van der Waals surface area contributed by atoms with Crippen molar-refractivity contribution in [1.82, 2.24) is 0 Å². The van der Waals surface area contributed by atoms with Crippen LogP contribution in [0.3, 0.4) is 0 Å². The molecule has 0 aliphatic heterocycles. The molecule has 0 spiro atoms. The number of benzene rings is 2. The Morgan fingerprint density at radius 2 is 1.06 bits per heavy atom. The number of esters is 2. The summed E-state index contributed by atoms with van der Waals surface area (Å²) in [5, 5.41) is 0. The molecule has 0 N–H and O–H groups in total. The van der Waals surface area contributed by atoms with Crippen LogP contribution in [0.1, 0.15) is 83.8 Å². The fraction of sp³-hybridized carbons (Fsp3) is 0.533. The Kier molecular flexibility index (Phi) is 8.70. The number of methoxy groups -OCH3 is 2. The van der Waals surface area contributed by atoms with Crippen molar-refractivity contribution in [3.8, 4) is 11.5 Å². The summed E-state index contributed by atoms with van der Waals surface area (Å²) >= 11 is 0. The topological polar surface area (TPSA) is 71.1 Å². The first kappa shape index (κ1) is 27.6. The molecule has 0 unspecified atom stereocenters. The summed E-state index contributed by atoms with van der Waals surface area (Å²) < 4.78 is 22.0. The average Bonchev–Trinajstić information content (AvgIpc) is 2.93. The van der Waals surface area contributed by atoms with Crippen LogP contribution in [-0.4, -0.2) is 37.4 Å². The molecule has 2 atom stereocenters. The maximum atomic E-state index is 12.2. The van der Waals surface area contributed by atoms with E-state index in [9.17, 15) is 9.59 Å². The molecule has 2 aromatic carbocycles. The fourth-order valence-corrected chi connectivity index (χ4v) is 5.05. The Hall–Kier alpha value is -3.02. The van der Waals surface area contributed by atoms with Crippen molar-refractivity contribution in [3.05, 3.63) is 59.7 Å². The molecule has 3 rings (SSSR count). The second-order valence-corrected chi connectivity index (χ2v) is 10.0. The average molecular weight is 497 g/mol. The third kappa shape index (κ3) is 5.53. The number of rotatable bonds is 10. The van der Waals surface area contributed by atoms with E-state index < -0.39 is 11.2 Å². The zero-order valence-electron chi connectivity index (χ0n) is 22.5. The van der Waals surface area contributed by atoms with Crippen LogP contribution >= 0.6 is 0 Å². The van der Waals surface area contributed by atoms with Gasteiger partial charge in [-0.15, -0.1) is 0 Å². The Bertz CT molecular complexity index is 945. The Balaban J connectivity index is 1.88. The quantitative estimate of drug-likeness (QED) is 0.356. The van der Waals surface area contributed by atoms with Crippen LogP contribution in [-0.2, 0) is 24.5 Å². The summed E-state index contributed by atoms with van der Waals surface area (Å²) in [6, 6.07) is 16.2. The number of carbonyl (C=O) groups is 2. The second-order valence-electron chi connectivity index (χ2n) is 10.0. The normalized spacial score (nSPS) is 18.3. The molecular formula is C30H40O6. The minimum atomic E-state index is -1.02. The molecule has 0 radical (unpaired) electrons. The summed E-state index contributed by atoms with van der Waals surface area (Å²) in [5.74, 6) is 0.521. The van der Waals surface area contributed by atoms with Gasteiger partial charge in [0.1, 0.15) is 11.5 Å². The number of carbonyl (C=O) groups excluding carboxylic acids is 2.